The third-order valence-corrected chi connectivity index (χ3v) is 7.92. The second kappa shape index (κ2) is 21.7. The monoisotopic (exact) mass is 541 g/mol. The lowest BCUT2D eigenvalue weighted by Gasteiger charge is -2.23. The van der Waals surface area contributed by atoms with Gasteiger partial charge in [-0.1, -0.05) is 121 Å². The van der Waals surface area contributed by atoms with E-state index in [0.29, 0.717) is 12.8 Å². The number of nitrogens with one attached hydrogen (secondary N) is 1. The zero-order valence-electron chi connectivity index (χ0n) is 23.2. The van der Waals surface area contributed by atoms with Gasteiger partial charge in [0.1, 0.15) is 0 Å². The lowest BCUT2D eigenvalue weighted by Crippen LogP contribution is -2.38. The molecule has 0 aliphatic rings. The van der Waals surface area contributed by atoms with Gasteiger partial charge >= 0.3 is 7.60 Å². The van der Waals surface area contributed by atoms with Crippen molar-refractivity contribution in [2.75, 3.05) is 13.2 Å². The number of ether oxygens (including phenoxy) is 1. The molecule has 1 amide bonds. The van der Waals surface area contributed by atoms with Crippen LogP contribution < -0.4 is 5.32 Å². The van der Waals surface area contributed by atoms with Crippen LogP contribution in [0.2, 0.25) is 0 Å². The van der Waals surface area contributed by atoms with Crippen molar-refractivity contribution >= 4 is 13.5 Å². The molecule has 0 aliphatic carbocycles. The van der Waals surface area contributed by atoms with Gasteiger partial charge in [0.2, 0.25) is 5.91 Å². The second-order valence-electron chi connectivity index (χ2n) is 10.0. The zero-order valence-corrected chi connectivity index (χ0v) is 24.1. The quantitative estimate of drug-likeness (QED) is 0.0952. The molecule has 0 aromatic heterocycles. The van der Waals surface area contributed by atoms with Gasteiger partial charge in [-0.05, 0) is 18.4 Å². The standard InChI is InChI=1S/C29H52NO6P/c1-3-5-7-9-10-11-12-13-18-22-28(31)30-27(21-17-8-6-4-2)24-36-37(33,34)29(32)25-35-23-26-19-15-14-16-20-26/h14-16,19-20,27,29,32H,3-13,17-18,21-25H2,1-2H3,(H,30,31)(H,33,34). The minimum Gasteiger partial charge on any atom is -0.378 e. The van der Waals surface area contributed by atoms with Crippen molar-refractivity contribution in [2.45, 2.75) is 129 Å². The van der Waals surface area contributed by atoms with E-state index in [4.69, 9.17) is 9.26 Å². The average molecular weight is 542 g/mol. The van der Waals surface area contributed by atoms with E-state index in [1.165, 1.54) is 38.5 Å². The van der Waals surface area contributed by atoms with Gasteiger partial charge in [-0.2, -0.15) is 0 Å². The molecule has 37 heavy (non-hydrogen) atoms. The van der Waals surface area contributed by atoms with Crippen molar-refractivity contribution in [1.82, 2.24) is 5.32 Å². The molecule has 0 aliphatic heterocycles. The Bertz CT molecular complexity index is 732. The van der Waals surface area contributed by atoms with Crippen molar-refractivity contribution in [1.29, 1.82) is 0 Å². The van der Waals surface area contributed by atoms with Crippen LogP contribution in [0.4, 0.5) is 0 Å². The molecule has 0 bridgehead atoms. The van der Waals surface area contributed by atoms with Crippen molar-refractivity contribution in [3.05, 3.63) is 35.9 Å². The molecular weight excluding hydrogens is 489 g/mol. The number of aliphatic hydroxyl groups excluding tert-OH is 1. The molecule has 0 radical (unpaired) electrons. The first-order valence-corrected chi connectivity index (χ1v) is 16.1. The average Bonchev–Trinajstić information content (AvgIpc) is 2.89. The minimum absolute atomic E-state index is 0.0495. The van der Waals surface area contributed by atoms with Gasteiger partial charge in [0.25, 0.3) is 0 Å². The summed E-state index contributed by atoms with van der Waals surface area (Å²) in [5.74, 6) is -1.69. The van der Waals surface area contributed by atoms with Gasteiger partial charge in [0.05, 0.1) is 25.9 Å². The van der Waals surface area contributed by atoms with Crippen LogP contribution >= 0.6 is 7.60 Å². The number of aliphatic hydroxyl groups is 1. The van der Waals surface area contributed by atoms with Gasteiger partial charge < -0.3 is 24.6 Å². The first-order chi connectivity index (χ1) is 17.9. The van der Waals surface area contributed by atoms with Crippen LogP contribution in [0.1, 0.15) is 116 Å². The number of carbonyl (C=O) groups is 1. The molecule has 0 saturated carbocycles. The van der Waals surface area contributed by atoms with Crippen molar-refractivity contribution < 1.29 is 28.6 Å². The van der Waals surface area contributed by atoms with Crippen molar-refractivity contribution in [3.8, 4) is 0 Å². The van der Waals surface area contributed by atoms with Gasteiger partial charge in [0, 0.05) is 6.42 Å². The molecule has 7 nitrogen and oxygen atoms in total. The summed E-state index contributed by atoms with van der Waals surface area (Å²) in [5, 5.41) is 13.2. The number of unbranched alkanes of at least 4 members (excludes halogenated alkanes) is 11. The normalized spacial score (nSPS) is 14.7. The molecule has 8 heteroatoms. The Morgan fingerprint density at radius 1 is 0.865 bits per heavy atom. The lowest BCUT2D eigenvalue weighted by molar-refractivity contribution is -0.122. The van der Waals surface area contributed by atoms with Gasteiger partial charge in [-0.3, -0.25) is 9.36 Å². The third-order valence-electron chi connectivity index (χ3n) is 6.49. The largest absolute Gasteiger partial charge is 0.378 e. The summed E-state index contributed by atoms with van der Waals surface area (Å²) in [6.07, 6.45) is 16.0. The molecule has 1 aromatic carbocycles. The maximum Gasteiger partial charge on any atom is 0.358 e. The van der Waals surface area contributed by atoms with E-state index < -0.39 is 13.4 Å². The van der Waals surface area contributed by atoms with Crippen molar-refractivity contribution in [2.24, 2.45) is 0 Å². The molecule has 1 aromatic rings. The van der Waals surface area contributed by atoms with Crippen molar-refractivity contribution in [3.63, 3.8) is 0 Å². The summed E-state index contributed by atoms with van der Waals surface area (Å²) < 4.78 is 23.2. The molecule has 0 spiro atoms. The fraction of sp³-hybridized carbons (Fsp3) is 0.759. The highest BCUT2D eigenvalue weighted by Gasteiger charge is 2.32. The van der Waals surface area contributed by atoms with E-state index in [-0.39, 0.29) is 31.8 Å². The van der Waals surface area contributed by atoms with Crippen LogP contribution in [0.5, 0.6) is 0 Å². The molecule has 3 atom stereocenters. The Morgan fingerprint density at radius 3 is 2.05 bits per heavy atom. The van der Waals surface area contributed by atoms with Crippen LogP contribution in [-0.4, -0.2) is 41.0 Å². The molecule has 1 rings (SSSR count). The maximum absolute atomic E-state index is 12.6. The molecular formula is C29H52NO6P. The van der Waals surface area contributed by atoms with E-state index in [1.54, 1.807) is 0 Å². The Balaban J connectivity index is 2.38. The maximum atomic E-state index is 12.6. The van der Waals surface area contributed by atoms with Gasteiger partial charge in [0.15, 0.2) is 5.85 Å². The molecule has 0 fully saturated rings. The van der Waals surface area contributed by atoms with E-state index in [1.807, 2.05) is 30.3 Å². The Morgan fingerprint density at radius 2 is 1.43 bits per heavy atom. The number of hydrogen-bond acceptors (Lipinski definition) is 5. The molecule has 3 N–H and O–H groups in total. The highest BCUT2D eigenvalue weighted by Crippen LogP contribution is 2.46. The van der Waals surface area contributed by atoms with E-state index >= 15 is 0 Å². The van der Waals surface area contributed by atoms with Gasteiger partial charge in [-0.25, -0.2) is 0 Å². The Kier molecular flexibility index (Phi) is 19.8. The topological polar surface area (TPSA) is 105 Å². The van der Waals surface area contributed by atoms with E-state index in [0.717, 1.165) is 50.5 Å². The highest BCUT2D eigenvalue weighted by atomic mass is 31.2. The molecule has 3 unspecified atom stereocenters. The number of rotatable bonds is 24. The first kappa shape index (κ1) is 33.8. The minimum atomic E-state index is -4.31. The van der Waals surface area contributed by atoms with Gasteiger partial charge in [-0.15, -0.1) is 0 Å². The smallest absolute Gasteiger partial charge is 0.358 e. The molecule has 0 heterocycles. The lowest BCUT2D eigenvalue weighted by atomic mass is 10.1. The molecule has 0 saturated heterocycles. The van der Waals surface area contributed by atoms with E-state index in [9.17, 15) is 19.4 Å². The third kappa shape index (κ3) is 17.8. The second-order valence-corrected chi connectivity index (χ2v) is 12.0. The van der Waals surface area contributed by atoms with Crippen LogP contribution in [0.25, 0.3) is 0 Å². The number of amides is 1. The highest BCUT2D eigenvalue weighted by molar-refractivity contribution is 7.53. The van der Waals surface area contributed by atoms with E-state index in [2.05, 4.69) is 19.2 Å². The van der Waals surface area contributed by atoms with Crippen LogP contribution in [0, 0.1) is 0 Å². The summed E-state index contributed by atoms with van der Waals surface area (Å²) in [6, 6.07) is 9.03. The summed E-state index contributed by atoms with van der Waals surface area (Å²) in [5.41, 5.74) is 0.908. The fourth-order valence-electron chi connectivity index (χ4n) is 4.14. The first-order valence-electron chi connectivity index (χ1n) is 14.4. The molecule has 214 valence electrons. The van der Waals surface area contributed by atoms with Crippen LogP contribution in [0.3, 0.4) is 0 Å². The number of carbonyl (C=O) groups excluding carboxylic acids is 1. The SMILES string of the molecule is CCCCCCCCCCCC(=O)NC(CCCCCC)COP(=O)(O)C(O)COCc1ccccc1. The predicted molar refractivity (Wildman–Crippen MR) is 150 cm³/mol. The Hall–Kier alpha value is -1.24. The Labute approximate surface area is 225 Å². The summed E-state index contributed by atoms with van der Waals surface area (Å²) in [6.45, 7) is 4.17. The number of benzene rings is 1. The summed E-state index contributed by atoms with van der Waals surface area (Å²) >= 11 is 0. The predicted octanol–water partition coefficient (Wildman–Crippen LogP) is 7.10. The fourth-order valence-corrected chi connectivity index (χ4v) is 5.00. The zero-order chi connectivity index (χ0) is 27.2. The van der Waals surface area contributed by atoms with Crippen LogP contribution in [-0.2, 0) is 25.2 Å². The summed E-state index contributed by atoms with van der Waals surface area (Å²) in [7, 11) is -4.31. The number of hydrogen-bond donors (Lipinski definition) is 3. The summed E-state index contributed by atoms with van der Waals surface area (Å²) in [4.78, 5) is 22.8. The van der Waals surface area contributed by atoms with Crippen LogP contribution in [0.15, 0.2) is 30.3 Å².